The highest BCUT2D eigenvalue weighted by molar-refractivity contribution is 5.76. The van der Waals surface area contributed by atoms with Crippen LogP contribution in [0, 0.1) is 0 Å². The molecule has 0 aliphatic carbocycles. The standard InChI is InChI=1S/C42H69NO8/c1-3-5-7-9-11-12-13-14-15-16-17-18-19-20-21-22-23-24-26-28-30-32-38(46)43-35(36(45)31-29-27-25-10-8-6-4-2)34-50-42-41(49)40(48)39(47)37(33-44)51-42/h5,7-8,10-12,14-15,17-18,20-21,29,31,35-37,39-42,44-45,47-49H,3-4,6,9,13,16,19,22-28,30,32-34H2,1-2H3,(H,43,46)/b7-5-,10-8+,12-11-,15-14-,18-17-,21-20-,31-29+. The van der Waals surface area contributed by atoms with E-state index in [-0.39, 0.29) is 12.5 Å². The van der Waals surface area contributed by atoms with E-state index in [0.29, 0.717) is 6.42 Å². The van der Waals surface area contributed by atoms with Crippen LogP contribution in [0.1, 0.15) is 117 Å². The van der Waals surface area contributed by atoms with Crippen molar-refractivity contribution in [2.24, 2.45) is 0 Å². The number of carbonyl (C=O) groups excluding carboxylic acids is 1. The average Bonchev–Trinajstić information content (AvgIpc) is 3.13. The molecule has 7 unspecified atom stereocenters. The molecule has 9 heteroatoms. The zero-order valence-corrected chi connectivity index (χ0v) is 31.3. The van der Waals surface area contributed by atoms with E-state index < -0.39 is 49.5 Å². The Morgan fingerprint density at radius 2 is 1.24 bits per heavy atom. The van der Waals surface area contributed by atoms with Gasteiger partial charge in [-0.1, -0.05) is 125 Å². The highest BCUT2D eigenvalue weighted by atomic mass is 16.7. The third-order valence-electron chi connectivity index (χ3n) is 8.43. The molecule has 51 heavy (non-hydrogen) atoms. The second-order valence-corrected chi connectivity index (χ2v) is 13.0. The number of hydrogen-bond donors (Lipinski definition) is 6. The molecule has 0 aromatic heterocycles. The summed E-state index contributed by atoms with van der Waals surface area (Å²) in [7, 11) is 0. The Balaban J connectivity index is 2.36. The molecule has 1 aliphatic heterocycles. The molecule has 1 saturated heterocycles. The van der Waals surface area contributed by atoms with E-state index in [1.54, 1.807) is 6.08 Å². The number of rotatable bonds is 29. The van der Waals surface area contributed by atoms with Crippen molar-refractivity contribution in [1.29, 1.82) is 0 Å². The zero-order valence-electron chi connectivity index (χ0n) is 31.3. The van der Waals surface area contributed by atoms with Gasteiger partial charge in [-0.2, -0.15) is 0 Å². The Bertz CT molecular complexity index is 1060. The maximum atomic E-state index is 12.8. The molecule has 1 heterocycles. The lowest BCUT2D eigenvalue weighted by molar-refractivity contribution is -0.302. The quantitative estimate of drug-likeness (QED) is 0.0365. The van der Waals surface area contributed by atoms with Crippen LogP contribution in [0.5, 0.6) is 0 Å². The molecule has 9 nitrogen and oxygen atoms in total. The van der Waals surface area contributed by atoms with Gasteiger partial charge in [-0.15, -0.1) is 0 Å². The summed E-state index contributed by atoms with van der Waals surface area (Å²) in [6, 6.07) is -0.833. The Labute approximate surface area is 308 Å². The van der Waals surface area contributed by atoms with Crippen molar-refractivity contribution < 1.29 is 39.8 Å². The van der Waals surface area contributed by atoms with Crippen molar-refractivity contribution in [3.8, 4) is 0 Å². The van der Waals surface area contributed by atoms with Gasteiger partial charge in [0.2, 0.25) is 5.91 Å². The lowest BCUT2D eigenvalue weighted by Gasteiger charge is -2.40. The van der Waals surface area contributed by atoms with Gasteiger partial charge in [0.25, 0.3) is 0 Å². The molecular formula is C42H69NO8. The number of amides is 1. The van der Waals surface area contributed by atoms with Gasteiger partial charge >= 0.3 is 0 Å². The molecule has 0 bridgehead atoms. The van der Waals surface area contributed by atoms with Crippen molar-refractivity contribution in [2.45, 2.75) is 159 Å². The molecule has 6 N–H and O–H groups in total. The van der Waals surface area contributed by atoms with E-state index in [0.717, 1.165) is 96.3 Å². The monoisotopic (exact) mass is 716 g/mol. The molecule has 0 spiro atoms. The fraction of sp³-hybridized carbons (Fsp3) is 0.643. The summed E-state index contributed by atoms with van der Waals surface area (Å²) in [5.41, 5.74) is 0. The summed E-state index contributed by atoms with van der Waals surface area (Å²) in [4.78, 5) is 12.8. The predicted molar refractivity (Wildman–Crippen MR) is 207 cm³/mol. The van der Waals surface area contributed by atoms with Gasteiger partial charge in [0.1, 0.15) is 24.4 Å². The fourth-order valence-corrected chi connectivity index (χ4v) is 5.32. The van der Waals surface area contributed by atoms with Crippen LogP contribution in [0.4, 0.5) is 0 Å². The average molecular weight is 716 g/mol. The molecule has 7 atom stereocenters. The minimum Gasteiger partial charge on any atom is -0.394 e. The molecule has 0 aromatic rings. The van der Waals surface area contributed by atoms with E-state index >= 15 is 0 Å². The topological polar surface area (TPSA) is 149 Å². The smallest absolute Gasteiger partial charge is 0.220 e. The number of aliphatic hydroxyl groups excluding tert-OH is 5. The Morgan fingerprint density at radius 1 is 0.686 bits per heavy atom. The number of hydrogen-bond acceptors (Lipinski definition) is 8. The molecule has 0 radical (unpaired) electrons. The van der Waals surface area contributed by atoms with Gasteiger partial charge < -0.3 is 40.3 Å². The number of nitrogens with one attached hydrogen (secondary N) is 1. The SMILES string of the molecule is CC/C=C\C/C=C\C/C=C\C/C=C\C/C=C\CCCCCCCC(=O)NC(COC1OC(CO)C(O)C(O)C1O)C(O)/C=C/CC/C=C/CCC. The van der Waals surface area contributed by atoms with Gasteiger partial charge in [0.15, 0.2) is 6.29 Å². The Morgan fingerprint density at radius 3 is 1.86 bits per heavy atom. The van der Waals surface area contributed by atoms with Crippen molar-refractivity contribution in [2.75, 3.05) is 13.2 Å². The summed E-state index contributed by atoms with van der Waals surface area (Å²) in [5, 5.41) is 53.6. The lowest BCUT2D eigenvalue weighted by atomic mass is 9.99. The summed E-state index contributed by atoms with van der Waals surface area (Å²) in [5.74, 6) is -0.217. The maximum Gasteiger partial charge on any atom is 0.220 e. The molecule has 1 fully saturated rings. The molecule has 1 rings (SSSR count). The second kappa shape index (κ2) is 32.1. The van der Waals surface area contributed by atoms with Crippen molar-refractivity contribution in [3.05, 3.63) is 85.1 Å². The second-order valence-electron chi connectivity index (χ2n) is 13.0. The first kappa shape index (κ1) is 46.4. The van der Waals surface area contributed by atoms with Gasteiger partial charge in [0, 0.05) is 6.42 Å². The Kier molecular flexibility index (Phi) is 29.2. The van der Waals surface area contributed by atoms with Crippen LogP contribution < -0.4 is 5.32 Å². The van der Waals surface area contributed by atoms with E-state index in [1.807, 2.05) is 6.08 Å². The van der Waals surface area contributed by atoms with Gasteiger partial charge in [0.05, 0.1) is 25.4 Å². The highest BCUT2D eigenvalue weighted by Gasteiger charge is 2.44. The number of unbranched alkanes of at least 4 members (excludes halogenated alkanes) is 7. The van der Waals surface area contributed by atoms with Gasteiger partial charge in [-0.3, -0.25) is 4.79 Å². The number of aliphatic hydroxyl groups is 5. The summed E-state index contributed by atoms with van der Waals surface area (Å²) >= 11 is 0. The first-order valence-electron chi connectivity index (χ1n) is 19.3. The minimum absolute atomic E-state index is 0.216. The normalized spacial score (nSPS) is 23.0. The molecule has 1 aliphatic rings. The van der Waals surface area contributed by atoms with Crippen molar-refractivity contribution in [3.63, 3.8) is 0 Å². The van der Waals surface area contributed by atoms with E-state index in [1.165, 1.54) is 0 Å². The van der Waals surface area contributed by atoms with Crippen LogP contribution >= 0.6 is 0 Å². The van der Waals surface area contributed by atoms with E-state index in [4.69, 9.17) is 9.47 Å². The first-order chi connectivity index (χ1) is 24.8. The van der Waals surface area contributed by atoms with E-state index in [2.05, 4.69) is 92.1 Å². The minimum atomic E-state index is -1.58. The third kappa shape index (κ3) is 23.5. The first-order valence-corrected chi connectivity index (χ1v) is 19.3. The van der Waals surface area contributed by atoms with Crippen LogP contribution in [0.15, 0.2) is 85.1 Å². The van der Waals surface area contributed by atoms with Gasteiger partial charge in [-0.25, -0.2) is 0 Å². The number of ether oxygens (including phenoxy) is 2. The Hall–Kier alpha value is -2.63. The molecular weight excluding hydrogens is 646 g/mol. The van der Waals surface area contributed by atoms with Crippen LogP contribution in [-0.4, -0.2) is 87.5 Å². The van der Waals surface area contributed by atoms with Crippen molar-refractivity contribution in [1.82, 2.24) is 5.32 Å². The molecule has 1 amide bonds. The molecule has 0 aromatic carbocycles. The number of allylic oxidation sites excluding steroid dienone is 13. The zero-order chi connectivity index (χ0) is 37.4. The lowest BCUT2D eigenvalue weighted by Crippen LogP contribution is -2.60. The van der Waals surface area contributed by atoms with Gasteiger partial charge in [-0.05, 0) is 70.6 Å². The van der Waals surface area contributed by atoms with Crippen LogP contribution in [0.3, 0.4) is 0 Å². The third-order valence-corrected chi connectivity index (χ3v) is 8.43. The van der Waals surface area contributed by atoms with Crippen LogP contribution in [0.2, 0.25) is 0 Å². The van der Waals surface area contributed by atoms with Crippen LogP contribution in [0.25, 0.3) is 0 Å². The molecule has 0 saturated carbocycles. The predicted octanol–water partition coefficient (Wildman–Crippen LogP) is 6.82. The molecule has 290 valence electrons. The summed E-state index contributed by atoms with van der Waals surface area (Å²) in [6.07, 6.45) is 36.5. The highest BCUT2D eigenvalue weighted by Crippen LogP contribution is 2.22. The summed E-state index contributed by atoms with van der Waals surface area (Å²) in [6.45, 7) is 3.47. The van der Waals surface area contributed by atoms with E-state index in [9.17, 15) is 30.3 Å². The number of carbonyl (C=O) groups is 1. The van der Waals surface area contributed by atoms with Crippen molar-refractivity contribution >= 4 is 5.91 Å². The van der Waals surface area contributed by atoms with Crippen LogP contribution in [-0.2, 0) is 14.3 Å². The summed E-state index contributed by atoms with van der Waals surface area (Å²) < 4.78 is 11.1. The maximum absolute atomic E-state index is 12.8. The largest absolute Gasteiger partial charge is 0.394 e. The fourth-order valence-electron chi connectivity index (χ4n) is 5.32.